The molecule has 0 bridgehead atoms. The second-order valence-electron chi connectivity index (χ2n) is 6.00. The van der Waals surface area contributed by atoms with Crippen molar-refractivity contribution >= 4 is 0 Å². The van der Waals surface area contributed by atoms with E-state index in [0.29, 0.717) is 12.0 Å². The average molecular weight is 245 g/mol. The highest BCUT2D eigenvalue weighted by Crippen LogP contribution is 2.42. The van der Waals surface area contributed by atoms with Crippen LogP contribution in [0.15, 0.2) is 30.3 Å². The lowest BCUT2D eigenvalue weighted by Crippen LogP contribution is -2.36. The minimum atomic E-state index is -0.344. The summed E-state index contributed by atoms with van der Waals surface area (Å²) in [5.41, 5.74) is 1.05. The Morgan fingerprint density at radius 3 is 2.78 bits per heavy atom. The molecule has 1 aromatic carbocycles. The highest BCUT2D eigenvalue weighted by Gasteiger charge is 2.42. The van der Waals surface area contributed by atoms with Gasteiger partial charge in [-0.15, -0.1) is 0 Å². The summed E-state index contributed by atoms with van der Waals surface area (Å²) in [7, 11) is 0. The normalized spacial score (nSPS) is 34.2. The molecule has 1 aliphatic carbocycles. The van der Waals surface area contributed by atoms with Crippen LogP contribution in [0.25, 0.3) is 0 Å². The van der Waals surface area contributed by atoms with Crippen LogP contribution in [0.2, 0.25) is 0 Å². The van der Waals surface area contributed by atoms with Gasteiger partial charge >= 0.3 is 0 Å². The molecule has 2 N–H and O–H groups in total. The molecule has 1 heterocycles. The van der Waals surface area contributed by atoms with Gasteiger partial charge in [-0.3, -0.25) is 0 Å². The molecule has 0 amide bonds. The summed E-state index contributed by atoms with van der Waals surface area (Å²) in [5.74, 6) is 1.94. The Morgan fingerprint density at radius 2 is 2.00 bits per heavy atom. The summed E-state index contributed by atoms with van der Waals surface area (Å²) in [6, 6.07) is 10.6. The van der Waals surface area contributed by atoms with Crippen molar-refractivity contribution in [2.45, 2.75) is 38.3 Å². The van der Waals surface area contributed by atoms with Crippen LogP contribution in [0, 0.1) is 17.8 Å². The SMILES string of the molecule is CC(C(O)c1ccccc1)C1NCC2CCCC21. The highest BCUT2D eigenvalue weighted by atomic mass is 16.3. The third-order valence-electron chi connectivity index (χ3n) is 5.00. The third kappa shape index (κ3) is 2.08. The van der Waals surface area contributed by atoms with Gasteiger partial charge in [0.1, 0.15) is 0 Å². The van der Waals surface area contributed by atoms with Crippen LogP contribution in [0.5, 0.6) is 0 Å². The van der Waals surface area contributed by atoms with Gasteiger partial charge in [-0.05, 0) is 36.8 Å². The Hall–Kier alpha value is -0.860. The van der Waals surface area contributed by atoms with Crippen LogP contribution in [0.3, 0.4) is 0 Å². The Morgan fingerprint density at radius 1 is 1.22 bits per heavy atom. The van der Waals surface area contributed by atoms with E-state index in [0.717, 1.165) is 23.9 Å². The first-order valence-electron chi connectivity index (χ1n) is 7.24. The molecule has 0 spiro atoms. The molecule has 2 aliphatic rings. The van der Waals surface area contributed by atoms with Crippen LogP contribution < -0.4 is 5.32 Å². The number of fused-ring (bicyclic) bond motifs is 1. The number of hydrogen-bond donors (Lipinski definition) is 2. The van der Waals surface area contributed by atoms with Gasteiger partial charge in [0.15, 0.2) is 0 Å². The van der Waals surface area contributed by atoms with E-state index in [1.807, 2.05) is 30.3 Å². The second kappa shape index (κ2) is 5.02. The molecular formula is C16H23NO. The predicted octanol–water partition coefficient (Wildman–Crippen LogP) is 2.74. The zero-order valence-electron chi connectivity index (χ0n) is 11.0. The maximum absolute atomic E-state index is 10.5. The van der Waals surface area contributed by atoms with Gasteiger partial charge in [-0.2, -0.15) is 0 Å². The van der Waals surface area contributed by atoms with Crippen LogP contribution in [-0.2, 0) is 0 Å². The van der Waals surface area contributed by atoms with E-state index in [-0.39, 0.29) is 6.10 Å². The maximum Gasteiger partial charge on any atom is 0.0830 e. The molecule has 2 heteroatoms. The van der Waals surface area contributed by atoms with E-state index in [2.05, 4.69) is 12.2 Å². The Bertz CT molecular complexity index is 391. The highest BCUT2D eigenvalue weighted by molar-refractivity contribution is 5.18. The number of hydrogen-bond acceptors (Lipinski definition) is 2. The van der Waals surface area contributed by atoms with Gasteiger partial charge in [0, 0.05) is 12.0 Å². The van der Waals surface area contributed by atoms with E-state index in [4.69, 9.17) is 0 Å². The smallest absolute Gasteiger partial charge is 0.0830 e. The van der Waals surface area contributed by atoms with Crippen LogP contribution >= 0.6 is 0 Å². The van der Waals surface area contributed by atoms with E-state index >= 15 is 0 Å². The maximum atomic E-state index is 10.5. The molecule has 1 aliphatic heterocycles. The van der Waals surface area contributed by atoms with E-state index in [9.17, 15) is 5.11 Å². The lowest BCUT2D eigenvalue weighted by molar-refractivity contribution is 0.0861. The summed E-state index contributed by atoms with van der Waals surface area (Å²) >= 11 is 0. The van der Waals surface area contributed by atoms with Crippen molar-refractivity contribution in [3.63, 3.8) is 0 Å². The van der Waals surface area contributed by atoms with Crippen molar-refractivity contribution in [3.05, 3.63) is 35.9 Å². The van der Waals surface area contributed by atoms with E-state index in [1.165, 1.54) is 19.3 Å². The topological polar surface area (TPSA) is 32.3 Å². The second-order valence-corrected chi connectivity index (χ2v) is 6.00. The lowest BCUT2D eigenvalue weighted by Gasteiger charge is -2.29. The van der Waals surface area contributed by atoms with Crippen molar-refractivity contribution in [2.24, 2.45) is 17.8 Å². The summed E-state index contributed by atoms with van der Waals surface area (Å²) in [6.45, 7) is 3.34. The summed E-state index contributed by atoms with van der Waals surface area (Å²) < 4.78 is 0. The molecule has 3 rings (SSSR count). The Kier molecular flexibility index (Phi) is 3.40. The number of aliphatic hydroxyl groups excluding tert-OH is 1. The Labute approximate surface area is 109 Å². The van der Waals surface area contributed by atoms with Crippen molar-refractivity contribution < 1.29 is 5.11 Å². The fourth-order valence-corrected chi connectivity index (χ4v) is 3.96. The van der Waals surface area contributed by atoms with Gasteiger partial charge < -0.3 is 10.4 Å². The summed E-state index contributed by atoms with van der Waals surface area (Å²) in [6.07, 6.45) is 3.75. The minimum absolute atomic E-state index is 0.292. The van der Waals surface area contributed by atoms with Gasteiger partial charge in [0.05, 0.1) is 6.10 Å². The fourth-order valence-electron chi connectivity index (χ4n) is 3.96. The van der Waals surface area contributed by atoms with Crippen molar-refractivity contribution in [3.8, 4) is 0 Å². The molecule has 18 heavy (non-hydrogen) atoms. The molecule has 2 nitrogen and oxygen atoms in total. The van der Waals surface area contributed by atoms with Crippen LogP contribution in [-0.4, -0.2) is 17.7 Å². The largest absolute Gasteiger partial charge is 0.388 e. The van der Waals surface area contributed by atoms with Crippen molar-refractivity contribution in [1.29, 1.82) is 0 Å². The monoisotopic (exact) mass is 245 g/mol. The molecule has 0 radical (unpaired) electrons. The zero-order valence-corrected chi connectivity index (χ0v) is 11.0. The first-order chi connectivity index (χ1) is 8.77. The first-order valence-corrected chi connectivity index (χ1v) is 7.24. The summed E-state index contributed by atoms with van der Waals surface area (Å²) in [4.78, 5) is 0. The lowest BCUT2D eigenvalue weighted by atomic mass is 9.82. The molecule has 1 saturated heterocycles. The molecule has 1 saturated carbocycles. The third-order valence-corrected chi connectivity index (χ3v) is 5.00. The van der Waals surface area contributed by atoms with E-state index < -0.39 is 0 Å². The molecule has 2 fully saturated rings. The number of nitrogens with one attached hydrogen (secondary N) is 1. The van der Waals surface area contributed by atoms with Crippen LogP contribution in [0.4, 0.5) is 0 Å². The van der Waals surface area contributed by atoms with Crippen molar-refractivity contribution in [2.75, 3.05) is 6.54 Å². The summed E-state index contributed by atoms with van der Waals surface area (Å²) in [5, 5.41) is 14.2. The quantitative estimate of drug-likeness (QED) is 0.858. The number of benzene rings is 1. The molecule has 5 atom stereocenters. The molecule has 98 valence electrons. The molecule has 0 aromatic heterocycles. The van der Waals surface area contributed by atoms with Gasteiger partial charge in [0.2, 0.25) is 0 Å². The van der Waals surface area contributed by atoms with E-state index in [1.54, 1.807) is 0 Å². The molecule has 5 unspecified atom stereocenters. The molecule has 1 aromatic rings. The minimum Gasteiger partial charge on any atom is -0.388 e. The average Bonchev–Trinajstić information content (AvgIpc) is 3.00. The zero-order chi connectivity index (χ0) is 12.5. The van der Waals surface area contributed by atoms with Gasteiger partial charge in [-0.25, -0.2) is 0 Å². The standard InChI is InChI=1S/C16H23NO/c1-11(16(18)12-6-3-2-4-7-12)15-14-9-5-8-13(14)10-17-15/h2-4,6-7,11,13-18H,5,8-10H2,1H3. The van der Waals surface area contributed by atoms with Crippen LogP contribution in [0.1, 0.15) is 37.9 Å². The van der Waals surface area contributed by atoms with Gasteiger partial charge in [-0.1, -0.05) is 43.7 Å². The van der Waals surface area contributed by atoms with Crippen molar-refractivity contribution in [1.82, 2.24) is 5.32 Å². The predicted molar refractivity (Wildman–Crippen MR) is 73.2 cm³/mol. The number of rotatable bonds is 3. The number of aliphatic hydroxyl groups is 1. The Balaban J connectivity index is 1.72. The molecular weight excluding hydrogens is 222 g/mol. The van der Waals surface area contributed by atoms with Gasteiger partial charge in [0.25, 0.3) is 0 Å². The first kappa shape index (κ1) is 12.2. The fraction of sp³-hybridized carbons (Fsp3) is 0.625.